The Balaban J connectivity index is 5.96. The minimum atomic E-state index is -0.680. The molecule has 4 heteroatoms. The highest BCUT2D eigenvalue weighted by Gasteiger charge is 2.08. The maximum atomic E-state index is 10.9. The maximum Gasteiger partial charge on any atom is 0.303 e. The topological polar surface area (TPSA) is 74.6 Å². The van der Waals surface area contributed by atoms with Gasteiger partial charge in [0.1, 0.15) is 0 Å². The molecule has 4 nitrogen and oxygen atoms in total. The molecule has 0 atom stereocenters. The molecule has 0 saturated heterocycles. The van der Waals surface area contributed by atoms with Crippen molar-refractivity contribution in [2.24, 2.45) is 0 Å². The lowest BCUT2D eigenvalue weighted by Crippen LogP contribution is -1.95. The lowest BCUT2D eigenvalue weighted by molar-refractivity contribution is -0.138. The Kier molecular flexibility index (Phi) is 42.2. The third kappa shape index (κ3) is 37.8. The molecule has 0 aromatic carbocycles. The van der Waals surface area contributed by atoms with Crippen molar-refractivity contribution in [2.75, 3.05) is 0 Å². The molecule has 0 aromatic heterocycles. The van der Waals surface area contributed by atoms with Crippen molar-refractivity contribution in [1.82, 2.24) is 0 Å². The van der Waals surface area contributed by atoms with Crippen molar-refractivity contribution in [3.8, 4) is 23.7 Å². The van der Waals surface area contributed by atoms with Crippen LogP contribution >= 0.6 is 0 Å². The molecule has 2 N–H and O–H groups in total. The molecule has 0 amide bonds. The molecule has 0 spiro atoms. The highest BCUT2D eigenvalue weighted by atomic mass is 16.4. The summed E-state index contributed by atoms with van der Waals surface area (Å²) in [6.45, 7) is 9.07. The number of carbonyl (C=O) groups is 2. The van der Waals surface area contributed by atoms with Crippen molar-refractivity contribution in [3.05, 3.63) is 22.3 Å². The third-order valence-corrected chi connectivity index (χ3v) is 11.7. The van der Waals surface area contributed by atoms with Crippen molar-refractivity contribution in [3.63, 3.8) is 0 Å². The van der Waals surface area contributed by atoms with E-state index in [0.29, 0.717) is 12.8 Å². The summed E-state index contributed by atoms with van der Waals surface area (Å²) >= 11 is 0. The largest absolute Gasteiger partial charge is 0.481 e. The molecule has 0 aliphatic carbocycles. The molecule has 334 valence electrons. The summed E-state index contributed by atoms with van der Waals surface area (Å²) in [4.78, 5) is 21.7. The van der Waals surface area contributed by atoms with Gasteiger partial charge in [0.25, 0.3) is 0 Å². The second-order valence-corrected chi connectivity index (χ2v) is 17.2. The van der Waals surface area contributed by atoms with Crippen LogP contribution in [0, 0.1) is 23.7 Å². The zero-order valence-corrected chi connectivity index (χ0v) is 39.0. The molecule has 0 aliphatic rings. The van der Waals surface area contributed by atoms with Crippen LogP contribution in [0.5, 0.6) is 0 Å². The summed E-state index contributed by atoms with van der Waals surface area (Å²) in [6.07, 6.45) is 46.4. The predicted octanol–water partition coefficient (Wildman–Crippen LogP) is 17.4. The molecule has 58 heavy (non-hydrogen) atoms. The molecule has 0 heterocycles. The quantitative estimate of drug-likeness (QED) is 0.0477. The Morgan fingerprint density at radius 3 is 0.931 bits per heavy atom. The van der Waals surface area contributed by atoms with E-state index in [-0.39, 0.29) is 0 Å². The van der Waals surface area contributed by atoms with E-state index in [1.54, 1.807) is 5.57 Å². The molecule has 0 fully saturated rings. The van der Waals surface area contributed by atoms with Gasteiger partial charge < -0.3 is 10.2 Å². The van der Waals surface area contributed by atoms with E-state index in [1.165, 1.54) is 177 Å². The number of unbranched alkanes of at least 4 members (excludes halogenated alkanes) is 28. The van der Waals surface area contributed by atoms with Crippen LogP contribution in [0.15, 0.2) is 22.3 Å². The van der Waals surface area contributed by atoms with Crippen LogP contribution in [0.4, 0.5) is 0 Å². The lowest BCUT2D eigenvalue weighted by Gasteiger charge is -2.12. The molecule has 0 saturated carbocycles. The Hall–Kier alpha value is -2.46. The Morgan fingerprint density at radius 2 is 0.603 bits per heavy atom. The SMILES string of the molecule is CCC#C/C(CCCCCCCCCCC)=C(/C#C/C(CCCCCCCCCCC)=C(/CC)CCCCCCCCCC(=O)O)CCCCCCCCCC(=O)O. The summed E-state index contributed by atoms with van der Waals surface area (Å²) in [5, 5.41) is 17.9. The van der Waals surface area contributed by atoms with Crippen molar-refractivity contribution < 1.29 is 19.8 Å². The van der Waals surface area contributed by atoms with Crippen molar-refractivity contribution >= 4 is 11.9 Å². The molecular formula is C54H94O4. The molecule has 0 unspecified atom stereocenters. The second kappa shape index (κ2) is 44.1. The Bertz CT molecular complexity index is 1170. The van der Waals surface area contributed by atoms with E-state index in [1.807, 2.05) is 0 Å². The number of carboxylic acids is 2. The van der Waals surface area contributed by atoms with E-state index < -0.39 is 11.9 Å². The third-order valence-electron chi connectivity index (χ3n) is 11.7. The van der Waals surface area contributed by atoms with Crippen LogP contribution < -0.4 is 0 Å². The summed E-state index contributed by atoms with van der Waals surface area (Å²) in [6, 6.07) is 0. The molecule has 0 aliphatic heterocycles. The summed E-state index contributed by atoms with van der Waals surface area (Å²) in [5.41, 5.74) is 5.57. The van der Waals surface area contributed by atoms with E-state index in [0.717, 1.165) is 83.5 Å². The minimum Gasteiger partial charge on any atom is -0.481 e. The second-order valence-electron chi connectivity index (χ2n) is 17.2. The Labute approximate surface area is 361 Å². The first kappa shape index (κ1) is 55.5. The monoisotopic (exact) mass is 807 g/mol. The van der Waals surface area contributed by atoms with Crippen LogP contribution in [0.3, 0.4) is 0 Å². The maximum absolute atomic E-state index is 10.9. The fraction of sp³-hybridized carbons (Fsp3) is 0.815. The zero-order chi connectivity index (χ0) is 42.6. The van der Waals surface area contributed by atoms with Gasteiger partial charge in [-0.15, -0.1) is 0 Å². The number of aliphatic carboxylic acids is 2. The first-order chi connectivity index (χ1) is 28.4. The number of allylic oxidation sites excluding steroid dienone is 4. The molecule has 0 aromatic rings. The summed E-state index contributed by atoms with van der Waals surface area (Å²) in [7, 11) is 0. The molecule has 0 rings (SSSR count). The number of hydrogen-bond acceptors (Lipinski definition) is 2. The van der Waals surface area contributed by atoms with Gasteiger partial charge in [-0.05, 0) is 70.6 Å². The standard InChI is InChI=1S/C54H94O4/c1-5-9-12-14-16-18-22-29-35-42-50(40-11-7-3)52(44-37-31-25-21-27-33-39-46-54(57)58)48-47-51(43-36-30-23-19-17-15-13-10-6-2)49(8-4)41-34-28-24-20-26-32-38-45-53(55)56/h5-10,12-39,41-46H2,1-4H3,(H,55,56)(H,57,58)/b51-49-,52-50-. The fourth-order valence-electron chi connectivity index (χ4n) is 7.98. The first-order valence-electron chi connectivity index (χ1n) is 25.3. The van der Waals surface area contributed by atoms with Gasteiger partial charge in [0.2, 0.25) is 0 Å². The predicted molar refractivity (Wildman–Crippen MR) is 252 cm³/mol. The average Bonchev–Trinajstić information content (AvgIpc) is 3.21. The molecule has 0 radical (unpaired) electrons. The van der Waals surface area contributed by atoms with Crippen LogP contribution in [0.1, 0.15) is 285 Å². The number of carboxylic acid groups (broad SMARTS) is 2. The molecule has 0 bridgehead atoms. The van der Waals surface area contributed by atoms with Crippen LogP contribution in [0.2, 0.25) is 0 Å². The average molecular weight is 807 g/mol. The minimum absolute atomic E-state index is 0.292. The van der Waals surface area contributed by atoms with E-state index >= 15 is 0 Å². The van der Waals surface area contributed by atoms with Crippen LogP contribution in [-0.4, -0.2) is 22.2 Å². The van der Waals surface area contributed by atoms with Crippen molar-refractivity contribution in [2.45, 2.75) is 285 Å². The zero-order valence-electron chi connectivity index (χ0n) is 39.0. The van der Waals surface area contributed by atoms with Gasteiger partial charge in [-0.25, -0.2) is 0 Å². The first-order valence-corrected chi connectivity index (χ1v) is 25.3. The van der Waals surface area contributed by atoms with Gasteiger partial charge in [0, 0.05) is 36.0 Å². The highest BCUT2D eigenvalue weighted by Crippen LogP contribution is 2.25. The van der Waals surface area contributed by atoms with Gasteiger partial charge >= 0.3 is 11.9 Å². The van der Waals surface area contributed by atoms with Gasteiger partial charge in [-0.3, -0.25) is 9.59 Å². The van der Waals surface area contributed by atoms with Crippen LogP contribution in [0.25, 0.3) is 0 Å². The van der Waals surface area contributed by atoms with Gasteiger partial charge in [0.15, 0.2) is 0 Å². The van der Waals surface area contributed by atoms with Crippen molar-refractivity contribution in [1.29, 1.82) is 0 Å². The normalized spacial score (nSPS) is 12.0. The van der Waals surface area contributed by atoms with E-state index in [9.17, 15) is 9.59 Å². The lowest BCUT2D eigenvalue weighted by atomic mass is 9.93. The summed E-state index contributed by atoms with van der Waals surface area (Å²) < 4.78 is 0. The Morgan fingerprint density at radius 1 is 0.328 bits per heavy atom. The van der Waals surface area contributed by atoms with E-state index in [4.69, 9.17) is 10.2 Å². The highest BCUT2D eigenvalue weighted by molar-refractivity contribution is 5.66. The van der Waals surface area contributed by atoms with Crippen LogP contribution in [-0.2, 0) is 9.59 Å². The smallest absolute Gasteiger partial charge is 0.303 e. The van der Waals surface area contributed by atoms with E-state index in [2.05, 4.69) is 51.4 Å². The van der Waals surface area contributed by atoms with Gasteiger partial charge in [-0.2, -0.15) is 0 Å². The summed E-state index contributed by atoms with van der Waals surface area (Å²) in [5.74, 6) is 13.4. The van der Waals surface area contributed by atoms with Gasteiger partial charge in [-0.1, -0.05) is 224 Å². The number of hydrogen-bond donors (Lipinski definition) is 2. The molecular weight excluding hydrogens is 713 g/mol. The number of rotatable bonds is 41. The fourth-order valence-corrected chi connectivity index (χ4v) is 7.98. The van der Waals surface area contributed by atoms with Gasteiger partial charge in [0.05, 0.1) is 0 Å².